The van der Waals surface area contributed by atoms with Crippen molar-refractivity contribution in [1.29, 1.82) is 0 Å². The summed E-state index contributed by atoms with van der Waals surface area (Å²) in [7, 11) is 1.96. The minimum absolute atomic E-state index is 0.0309. The lowest BCUT2D eigenvalue weighted by atomic mass is 9.87. The lowest BCUT2D eigenvalue weighted by Crippen LogP contribution is -2.46. The molecule has 0 aromatic heterocycles. The van der Waals surface area contributed by atoms with E-state index in [1.807, 2.05) is 37.6 Å². The highest BCUT2D eigenvalue weighted by atomic mass is 16.6. The molecule has 0 aromatic rings. The van der Waals surface area contributed by atoms with Gasteiger partial charge in [0.2, 0.25) is 5.91 Å². The maximum absolute atomic E-state index is 13.0. The minimum Gasteiger partial charge on any atom is -0.444 e. The van der Waals surface area contributed by atoms with Gasteiger partial charge in [-0.05, 0) is 52.9 Å². The molecule has 2 amide bonds. The molecule has 2 saturated heterocycles. The Morgan fingerprint density at radius 2 is 1.71 bits per heavy atom. The van der Waals surface area contributed by atoms with Crippen molar-refractivity contribution in [3.8, 4) is 0 Å². The molecule has 3 rings (SSSR count). The zero-order valence-electron chi connectivity index (χ0n) is 15.6. The fourth-order valence-corrected chi connectivity index (χ4v) is 4.76. The summed E-state index contributed by atoms with van der Waals surface area (Å²) in [5, 5.41) is 0. The Hall–Kier alpha value is -1.26. The van der Waals surface area contributed by atoms with Crippen molar-refractivity contribution in [3.05, 3.63) is 0 Å². The van der Waals surface area contributed by atoms with Gasteiger partial charge in [-0.25, -0.2) is 4.79 Å². The average molecular weight is 336 g/mol. The summed E-state index contributed by atoms with van der Waals surface area (Å²) in [6.07, 6.45) is 8.48. The highest BCUT2D eigenvalue weighted by Crippen LogP contribution is 2.43. The molecule has 5 nitrogen and oxygen atoms in total. The van der Waals surface area contributed by atoms with Crippen molar-refractivity contribution in [2.24, 2.45) is 5.92 Å². The summed E-state index contributed by atoms with van der Waals surface area (Å²) >= 11 is 0. The third kappa shape index (κ3) is 3.40. The molecule has 0 radical (unpaired) electrons. The Labute approximate surface area is 145 Å². The van der Waals surface area contributed by atoms with Crippen LogP contribution in [0.3, 0.4) is 0 Å². The van der Waals surface area contributed by atoms with Gasteiger partial charge in [-0.2, -0.15) is 0 Å². The molecule has 0 N–H and O–H groups in total. The highest BCUT2D eigenvalue weighted by molar-refractivity contribution is 5.82. The normalized spacial score (nSPS) is 30.5. The van der Waals surface area contributed by atoms with Gasteiger partial charge < -0.3 is 14.5 Å². The van der Waals surface area contributed by atoms with Crippen LogP contribution in [0.1, 0.15) is 72.1 Å². The fourth-order valence-electron chi connectivity index (χ4n) is 4.76. The van der Waals surface area contributed by atoms with E-state index in [1.165, 1.54) is 19.3 Å². The van der Waals surface area contributed by atoms with Gasteiger partial charge in [0, 0.05) is 25.2 Å². The lowest BCUT2D eigenvalue weighted by molar-refractivity contribution is -0.137. The number of fused-ring (bicyclic) bond motifs is 2. The Bertz CT molecular complexity index is 493. The summed E-state index contributed by atoms with van der Waals surface area (Å²) in [4.78, 5) is 29.4. The molecule has 2 heterocycles. The van der Waals surface area contributed by atoms with Gasteiger partial charge in [-0.15, -0.1) is 0 Å². The molecule has 2 bridgehead atoms. The van der Waals surface area contributed by atoms with Crippen molar-refractivity contribution >= 4 is 12.0 Å². The smallest absolute Gasteiger partial charge is 0.410 e. The van der Waals surface area contributed by atoms with E-state index in [2.05, 4.69) is 0 Å². The topological polar surface area (TPSA) is 49.9 Å². The van der Waals surface area contributed by atoms with Crippen LogP contribution in [0, 0.1) is 5.92 Å². The molecule has 0 spiro atoms. The van der Waals surface area contributed by atoms with Gasteiger partial charge in [0.05, 0.1) is 5.92 Å². The third-order valence-corrected chi connectivity index (χ3v) is 5.93. The maximum Gasteiger partial charge on any atom is 0.410 e. The van der Waals surface area contributed by atoms with Crippen molar-refractivity contribution in [2.75, 3.05) is 7.05 Å². The zero-order chi connectivity index (χ0) is 17.5. The van der Waals surface area contributed by atoms with Crippen molar-refractivity contribution in [1.82, 2.24) is 9.80 Å². The third-order valence-electron chi connectivity index (χ3n) is 5.93. The number of hydrogen-bond donors (Lipinski definition) is 0. The van der Waals surface area contributed by atoms with Crippen molar-refractivity contribution in [3.63, 3.8) is 0 Å². The lowest BCUT2D eigenvalue weighted by Gasteiger charge is -2.35. The first-order chi connectivity index (χ1) is 11.3. The quantitative estimate of drug-likeness (QED) is 0.774. The molecule has 0 aromatic carbocycles. The number of carbonyl (C=O) groups excluding carboxylic acids is 2. The predicted molar refractivity (Wildman–Crippen MR) is 92.6 cm³/mol. The zero-order valence-corrected chi connectivity index (χ0v) is 15.6. The molecule has 1 aliphatic carbocycles. The standard InChI is InChI=1S/C19H32N2O3/c1-19(2,3)24-18(23)21-14-10-11-16(21)15(12-14)17(22)20(4)13-8-6-5-7-9-13/h13-16H,5-12H2,1-4H3. The van der Waals surface area contributed by atoms with Gasteiger partial charge >= 0.3 is 6.09 Å². The van der Waals surface area contributed by atoms with Crippen molar-refractivity contribution in [2.45, 2.75) is 95.9 Å². The molecule has 3 aliphatic rings. The van der Waals surface area contributed by atoms with Gasteiger partial charge in [-0.3, -0.25) is 4.79 Å². The minimum atomic E-state index is -0.489. The van der Waals surface area contributed by atoms with E-state index < -0.39 is 5.60 Å². The Kier molecular flexibility index (Phi) is 4.80. The maximum atomic E-state index is 13.0. The first kappa shape index (κ1) is 17.6. The number of hydrogen-bond acceptors (Lipinski definition) is 3. The van der Waals surface area contributed by atoms with E-state index in [-0.39, 0.29) is 30.0 Å². The van der Waals surface area contributed by atoms with E-state index in [0.717, 1.165) is 32.1 Å². The monoisotopic (exact) mass is 336 g/mol. The average Bonchev–Trinajstić information content (AvgIpc) is 3.10. The van der Waals surface area contributed by atoms with E-state index in [9.17, 15) is 9.59 Å². The van der Waals surface area contributed by atoms with Gasteiger partial charge in [0.25, 0.3) is 0 Å². The van der Waals surface area contributed by atoms with Crippen LogP contribution in [0.2, 0.25) is 0 Å². The van der Waals surface area contributed by atoms with Crippen LogP contribution in [0.4, 0.5) is 4.79 Å². The number of nitrogens with zero attached hydrogens (tertiary/aromatic N) is 2. The second-order valence-corrected chi connectivity index (χ2v) is 8.77. The van der Waals surface area contributed by atoms with E-state index >= 15 is 0 Å². The molecule has 2 aliphatic heterocycles. The van der Waals surface area contributed by atoms with Crippen LogP contribution in [-0.4, -0.2) is 52.6 Å². The number of ether oxygens (including phenoxy) is 1. The summed E-state index contributed by atoms with van der Waals surface area (Å²) < 4.78 is 5.57. The van der Waals surface area contributed by atoms with Crippen LogP contribution in [0.15, 0.2) is 0 Å². The van der Waals surface area contributed by atoms with Gasteiger partial charge in [-0.1, -0.05) is 19.3 Å². The van der Waals surface area contributed by atoms with Crippen LogP contribution in [0.25, 0.3) is 0 Å². The fraction of sp³-hybridized carbons (Fsp3) is 0.895. The van der Waals surface area contributed by atoms with E-state index in [1.54, 1.807) is 0 Å². The summed E-state index contributed by atoms with van der Waals surface area (Å²) in [5.41, 5.74) is -0.489. The molecular formula is C19H32N2O3. The number of rotatable bonds is 2. The van der Waals surface area contributed by atoms with Crippen molar-refractivity contribution < 1.29 is 14.3 Å². The Balaban J connectivity index is 1.66. The van der Waals surface area contributed by atoms with Crippen LogP contribution in [0.5, 0.6) is 0 Å². The second-order valence-electron chi connectivity index (χ2n) is 8.77. The Morgan fingerprint density at radius 1 is 1.04 bits per heavy atom. The summed E-state index contributed by atoms with van der Waals surface area (Å²) in [6, 6.07) is 0.599. The molecule has 3 unspecified atom stereocenters. The molecule has 3 fully saturated rings. The van der Waals surface area contributed by atoms with Crippen LogP contribution >= 0.6 is 0 Å². The molecule has 5 heteroatoms. The SMILES string of the molecule is CN(C(=O)C1CC2CCC1N2C(=O)OC(C)(C)C)C1CCCCC1. The Morgan fingerprint density at radius 3 is 2.33 bits per heavy atom. The van der Waals surface area contributed by atoms with E-state index in [0.29, 0.717) is 6.04 Å². The van der Waals surface area contributed by atoms with Crippen LogP contribution < -0.4 is 0 Å². The van der Waals surface area contributed by atoms with Crippen LogP contribution in [-0.2, 0) is 9.53 Å². The molecule has 136 valence electrons. The molecule has 1 saturated carbocycles. The first-order valence-electron chi connectivity index (χ1n) is 9.56. The predicted octanol–water partition coefficient (Wildman–Crippen LogP) is 3.57. The second kappa shape index (κ2) is 6.57. The largest absolute Gasteiger partial charge is 0.444 e. The van der Waals surface area contributed by atoms with Gasteiger partial charge in [0.1, 0.15) is 5.60 Å². The van der Waals surface area contributed by atoms with Gasteiger partial charge in [0.15, 0.2) is 0 Å². The number of carbonyl (C=O) groups is 2. The van der Waals surface area contributed by atoms with E-state index in [4.69, 9.17) is 4.74 Å². The molecular weight excluding hydrogens is 304 g/mol. The summed E-state index contributed by atoms with van der Waals surface area (Å²) in [6.45, 7) is 5.67. The molecule has 24 heavy (non-hydrogen) atoms. The first-order valence-corrected chi connectivity index (χ1v) is 9.56. The summed E-state index contributed by atoms with van der Waals surface area (Å²) in [5.74, 6) is 0.200. The number of amides is 2. The molecule has 3 atom stereocenters. The highest BCUT2D eigenvalue weighted by Gasteiger charge is 2.53.